The van der Waals surface area contributed by atoms with Crippen LogP contribution in [0.15, 0.2) is 6.07 Å². The summed E-state index contributed by atoms with van der Waals surface area (Å²) in [5.74, 6) is 2.61. The van der Waals surface area contributed by atoms with E-state index in [2.05, 4.69) is 43.8 Å². The predicted octanol–water partition coefficient (Wildman–Crippen LogP) is 2.70. The minimum Gasteiger partial charge on any atom is -0.356 e. The summed E-state index contributed by atoms with van der Waals surface area (Å²) in [6.07, 6.45) is 1.18. The van der Waals surface area contributed by atoms with E-state index in [4.69, 9.17) is 0 Å². The second kappa shape index (κ2) is 4.70. The highest BCUT2D eigenvalue weighted by Gasteiger charge is 2.24. The number of alkyl halides is 1. The van der Waals surface area contributed by atoms with Crippen molar-refractivity contribution in [3.05, 3.63) is 17.6 Å². The SMILES string of the molecule is Cc1cc(N2CCC(Br)C(C)C2)nc(C)n1. The Morgan fingerprint density at radius 2 is 2.12 bits per heavy atom. The van der Waals surface area contributed by atoms with Gasteiger partial charge in [-0.2, -0.15) is 0 Å². The second-order valence-corrected chi connectivity index (χ2v) is 5.82. The smallest absolute Gasteiger partial charge is 0.132 e. The van der Waals surface area contributed by atoms with Crippen LogP contribution in [0.4, 0.5) is 5.82 Å². The summed E-state index contributed by atoms with van der Waals surface area (Å²) in [5, 5.41) is 0. The van der Waals surface area contributed by atoms with Crippen molar-refractivity contribution in [3.8, 4) is 0 Å². The molecule has 2 rings (SSSR count). The molecule has 2 unspecified atom stereocenters. The molecule has 16 heavy (non-hydrogen) atoms. The van der Waals surface area contributed by atoms with Crippen LogP contribution in [0.3, 0.4) is 0 Å². The van der Waals surface area contributed by atoms with Crippen LogP contribution in [0.25, 0.3) is 0 Å². The molecule has 2 heterocycles. The van der Waals surface area contributed by atoms with E-state index >= 15 is 0 Å². The molecule has 1 aromatic rings. The molecule has 0 amide bonds. The standard InChI is InChI=1S/C12H18BrN3/c1-8-7-16(5-4-11(8)13)12-6-9(2)14-10(3)15-12/h6,8,11H,4-5,7H2,1-3H3. The van der Waals surface area contributed by atoms with E-state index in [1.165, 1.54) is 6.42 Å². The molecule has 0 saturated carbocycles. The Hall–Kier alpha value is -0.640. The molecular formula is C12H18BrN3. The number of rotatable bonds is 1. The maximum atomic E-state index is 4.52. The third-order valence-electron chi connectivity index (χ3n) is 3.08. The highest BCUT2D eigenvalue weighted by Crippen LogP contribution is 2.26. The lowest BCUT2D eigenvalue weighted by Crippen LogP contribution is -2.40. The Balaban J connectivity index is 2.18. The fourth-order valence-corrected chi connectivity index (χ4v) is 2.56. The van der Waals surface area contributed by atoms with E-state index in [1.807, 2.05) is 13.8 Å². The first kappa shape index (κ1) is 11.8. The van der Waals surface area contributed by atoms with Gasteiger partial charge in [0.25, 0.3) is 0 Å². The van der Waals surface area contributed by atoms with E-state index in [0.29, 0.717) is 10.7 Å². The maximum Gasteiger partial charge on any atom is 0.132 e. The van der Waals surface area contributed by atoms with Gasteiger partial charge in [-0.15, -0.1) is 0 Å². The molecule has 1 aliphatic heterocycles. The highest BCUT2D eigenvalue weighted by atomic mass is 79.9. The molecule has 4 heteroatoms. The van der Waals surface area contributed by atoms with Gasteiger partial charge in [0, 0.05) is 29.7 Å². The Bertz CT molecular complexity index is 360. The zero-order chi connectivity index (χ0) is 11.7. The molecule has 1 aliphatic rings. The molecule has 2 atom stereocenters. The lowest BCUT2D eigenvalue weighted by Gasteiger charge is -2.35. The number of aromatic nitrogens is 2. The van der Waals surface area contributed by atoms with Crippen LogP contribution >= 0.6 is 15.9 Å². The van der Waals surface area contributed by atoms with Crippen LogP contribution in [0.5, 0.6) is 0 Å². The summed E-state index contributed by atoms with van der Waals surface area (Å²) in [7, 11) is 0. The summed E-state index contributed by atoms with van der Waals surface area (Å²) in [5.41, 5.74) is 1.05. The van der Waals surface area contributed by atoms with E-state index in [0.717, 1.165) is 30.4 Å². The van der Waals surface area contributed by atoms with Crippen LogP contribution in [0, 0.1) is 19.8 Å². The molecule has 0 bridgehead atoms. The summed E-state index contributed by atoms with van der Waals surface area (Å²) < 4.78 is 0. The zero-order valence-corrected chi connectivity index (χ0v) is 11.7. The quantitative estimate of drug-likeness (QED) is 0.742. The fraction of sp³-hybridized carbons (Fsp3) is 0.667. The molecule has 0 radical (unpaired) electrons. The van der Waals surface area contributed by atoms with Crippen molar-refractivity contribution >= 4 is 21.7 Å². The topological polar surface area (TPSA) is 29.0 Å². The third-order valence-corrected chi connectivity index (χ3v) is 4.44. The molecule has 0 aliphatic carbocycles. The van der Waals surface area contributed by atoms with Gasteiger partial charge >= 0.3 is 0 Å². The average Bonchev–Trinajstić information content (AvgIpc) is 2.20. The average molecular weight is 284 g/mol. The van der Waals surface area contributed by atoms with Crippen LogP contribution < -0.4 is 4.90 Å². The Morgan fingerprint density at radius 3 is 2.75 bits per heavy atom. The molecule has 1 fully saturated rings. The van der Waals surface area contributed by atoms with Gasteiger partial charge in [0.05, 0.1) is 0 Å². The molecule has 1 saturated heterocycles. The summed E-state index contributed by atoms with van der Waals surface area (Å²) >= 11 is 3.72. The van der Waals surface area contributed by atoms with Crippen molar-refractivity contribution in [3.63, 3.8) is 0 Å². The normalized spacial score (nSPS) is 25.9. The van der Waals surface area contributed by atoms with Gasteiger partial charge in [-0.25, -0.2) is 9.97 Å². The Kier molecular flexibility index (Phi) is 3.47. The van der Waals surface area contributed by atoms with Gasteiger partial charge in [-0.3, -0.25) is 0 Å². The zero-order valence-electron chi connectivity index (χ0n) is 10.1. The van der Waals surface area contributed by atoms with E-state index in [-0.39, 0.29) is 0 Å². The van der Waals surface area contributed by atoms with Gasteiger partial charge in [-0.05, 0) is 26.2 Å². The van der Waals surface area contributed by atoms with E-state index < -0.39 is 0 Å². The van der Waals surface area contributed by atoms with Crippen LogP contribution in [0.2, 0.25) is 0 Å². The fourth-order valence-electron chi connectivity index (χ4n) is 2.18. The van der Waals surface area contributed by atoms with Crippen LogP contribution in [-0.4, -0.2) is 27.9 Å². The molecule has 3 nitrogen and oxygen atoms in total. The lowest BCUT2D eigenvalue weighted by molar-refractivity contribution is 0.463. The number of halogens is 1. The number of piperidine rings is 1. The van der Waals surface area contributed by atoms with Gasteiger partial charge in [-0.1, -0.05) is 22.9 Å². The number of aryl methyl sites for hydroxylation is 2. The second-order valence-electron chi connectivity index (χ2n) is 4.64. The predicted molar refractivity (Wildman–Crippen MR) is 70.2 cm³/mol. The molecule has 0 aromatic carbocycles. The first-order valence-corrected chi connectivity index (χ1v) is 6.69. The Labute approximate surface area is 105 Å². The summed E-state index contributed by atoms with van der Waals surface area (Å²) in [6.45, 7) is 8.42. The molecule has 88 valence electrons. The van der Waals surface area contributed by atoms with Crippen molar-refractivity contribution in [2.45, 2.75) is 32.0 Å². The number of anilines is 1. The third kappa shape index (κ3) is 2.54. The van der Waals surface area contributed by atoms with Crippen LogP contribution in [-0.2, 0) is 0 Å². The molecule has 0 spiro atoms. The number of hydrogen-bond donors (Lipinski definition) is 0. The van der Waals surface area contributed by atoms with Crippen molar-refractivity contribution < 1.29 is 0 Å². The van der Waals surface area contributed by atoms with Crippen molar-refractivity contribution in [2.24, 2.45) is 5.92 Å². The minimum absolute atomic E-state index is 0.646. The number of hydrogen-bond acceptors (Lipinski definition) is 3. The van der Waals surface area contributed by atoms with E-state index in [9.17, 15) is 0 Å². The summed E-state index contributed by atoms with van der Waals surface area (Å²) in [4.78, 5) is 11.8. The number of nitrogens with zero attached hydrogens (tertiary/aromatic N) is 3. The minimum atomic E-state index is 0.646. The molecule has 1 aromatic heterocycles. The van der Waals surface area contributed by atoms with Crippen LogP contribution in [0.1, 0.15) is 24.9 Å². The monoisotopic (exact) mass is 283 g/mol. The van der Waals surface area contributed by atoms with Gasteiger partial charge < -0.3 is 4.90 Å². The largest absolute Gasteiger partial charge is 0.356 e. The van der Waals surface area contributed by atoms with Crippen molar-refractivity contribution in [1.82, 2.24) is 9.97 Å². The highest BCUT2D eigenvalue weighted by molar-refractivity contribution is 9.09. The Morgan fingerprint density at radius 1 is 1.38 bits per heavy atom. The first-order valence-electron chi connectivity index (χ1n) is 5.77. The first-order chi connectivity index (χ1) is 7.56. The van der Waals surface area contributed by atoms with Gasteiger partial charge in [0.1, 0.15) is 11.6 Å². The molecular weight excluding hydrogens is 266 g/mol. The van der Waals surface area contributed by atoms with Crippen molar-refractivity contribution in [1.29, 1.82) is 0 Å². The van der Waals surface area contributed by atoms with Crippen molar-refractivity contribution in [2.75, 3.05) is 18.0 Å². The van der Waals surface area contributed by atoms with Gasteiger partial charge in [0.2, 0.25) is 0 Å². The summed E-state index contributed by atoms with van der Waals surface area (Å²) in [6, 6.07) is 2.08. The molecule has 0 N–H and O–H groups in total. The maximum absolute atomic E-state index is 4.52. The lowest BCUT2D eigenvalue weighted by atomic mass is 10.0. The van der Waals surface area contributed by atoms with Gasteiger partial charge in [0.15, 0.2) is 0 Å². The van der Waals surface area contributed by atoms with E-state index in [1.54, 1.807) is 0 Å².